The van der Waals surface area contributed by atoms with Crippen LogP contribution < -0.4 is 5.43 Å². The number of phenols is 2. The third-order valence-corrected chi connectivity index (χ3v) is 4.15. The lowest BCUT2D eigenvalue weighted by molar-refractivity contribution is 0.0955. The third kappa shape index (κ3) is 3.54. The number of benzene rings is 3. The number of aromatic amines is 1. The number of amides is 1. The first-order valence-corrected chi connectivity index (χ1v) is 8.51. The number of nitrogens with zero attached hydrogens (tertiary/aromatic N) is 2. The molecule has 4 N–H and O–H groups in total. The van der Waals surface area contributed by atoms with E-state index < -0.39 is 0 Å². The fourth-order valence-corrected chi connectivity index (χ4v) is 2.79. The maximum atomic E-state index is 12.3. The molecule has 0 aliphatic rings. The number of H-pyrrole nitrogens is 1. The Kier molecular flexibility index (Phi) is 4.47. The molecule has 0 spiro atoms. The minimum atomic E-state index is -0.378. The molecule has 28 heavy (non-hydrogen) atoms. The molecule has 0 unspecified atom stereocenters. The van der Waals surface area contributed by atoms with Gasteiger partial charge in [-0.1, -0.05) is 24.3 Å². The number of imidazole rings is 1. The number of hydrogen-bond donors (Lipinski definition) is 4. The van der Waals surface area contributed by atoms with Crippen LogP contribution in [0.1, 0.15) is 15.9 Å². The number of rotatable bonds is 4. The highest BCUT2D eigenvalue weighted by atomic mass is 16.3. The lowest BCUT2D eigenvalue weighted by atomic mass is 10.2. The van der Waals surface area contributed by atoms with E-state index in [0.717, 1.165) is 0 Å². The van der Waals surface area contributed by atoms with Gasteiger partial charge in [-0.25, -0.2) is 10.4 Å². The number of carbonyl (C=O) groups excluding carboxylic acids is 1. The topological polar surface area (TPSA) is 111 Å². The Hall–Kier alpha value is -4.13. The van der Waals surface area contributed by atoms with Gasteiger partial charge >= 0.3 is 0 Å². The number of phenolic OH excluding ortho intramolecular Hbond substituents is 2. The summed E-state index contributed by atoms with van der Waals surface area (Å²) in [5.74, 6) is 0.394. The van der Waals surface area contributed by atoms with E-state index in [0.29, 0.717) is 33.5 Å². The SMILES string of the molecule is O=C(N/N=C/c1cccc(O)c1)c1ccc2nc(-c3ccccc3O)[nH]c2c1. The molecule has 1 amide bonds. The van der Waals surface area contributed by atoms with Crippen LogP contribution in [-0.4, -0.2) is 32.3 Å². The Morgan fingerprint density at radius 1 is 1.04 bits per heavy atom. The molecule has 0 fully saturated rings. The second-order valence-electron chi connectivity index (χ2n) is 6.13. The molecule has 0 saturated carbocycles. The largest absolute Gasteiger partial charge is 0.508 e. The van der Waals surface area contributed by atoms with E-state index in [2.05, 4.69) is 20.5 Å². The molecule has 1 heterocycles. The van der Waals surface area contributed by atoms with Crippen molar-refractivity contribution in [1.82, 2.24) is 15.4 Å². The minimum absolute atomic E-state index is 0.125. The van der Waals surface area contributed by atoms with Gasteiger partial charge in [0.2, 0.25) is 0 Å². The van der Waals surface area contributed by atoms with Crippen LogP contribution in [0.3, 0.4) is 0 Å². The highest BCUT2D eigenvalue weighted by molar-refractivity contribution is 5.98. The number of aromatic nitrogens is 2. The molecule has 0 atom stereocenters. The zero-order valence-electron chi connectivity index (χ0n) is 14.6. The molecular weight excluding hydrogens is 356 g/mol. The van der Waals surface area contributed by atoms with E-state index in [1.807, 2.05) is 6.07 Å². The van der Waals surface area contributed by atoms with Gasteiger partial charge in [0.05, 0.1) is 22.8 Å². The van der Waals surface area contributed by atoms with Crippen molar-refractivity contribution in [3.63, 3.8) is 0 Å². The molecule has 7 nitrogen and oxygen atoms in total. The molecule has 0 bridgehead atoms. The summed E-state index contributed by atoms with van der Waals surface area (Å²) in [6.45, 7) is 0. The van der Waals surface area contributed by atoms with Crippen LogP contribution in [0.4, 0.5) is 0 Å². The fourth-order valence-electron chi connectivity index (χ4n) is 2.79. The first kappa shape index (κ1) is 17.3. The molecule has 4 aromatic rings. The first-order chi connectivity index (χ1) is 13.6. The standard InChI is InChI=1S/C21H16N4O3/c26-15-5-3-4-13(10-15)12-22-25-21(28)14-8-9-17-18(11-14)24-20(23-17)16-6-1-2-7-19(16)27/h1-12,26-27H,(H,23,24)(H,25,28)/b22-12+. The van der Waals surface area contributed by atoms with Crippen LogP contribution in [0.25, 0.3) is 22.4 Å². The summed E-state index contributed by atoms with van der Waals surface area (Å²) in [5.41, 5.74) is 5.46. The highest BCUT2D eigenvalue weighted by Crippen LogP contribution is 2.28. The summed E-state index contributed by atoms with van der Waals surface area (Å²) in [5, 5.41) is 23.3. The molecule has 0 saturated heterocycles. The van der Waals surface area contributed by atoms with E-state index in [9.17, 15) is 15.0 Å². The van der Waals surface area contributed by atoms with Crippen LogP contribution in [0, 0.1) is 0 Å². The molecule has 1 aromatic heterocycles. The van der Waals surface area contributed by atoms with Gasteiger partial charge in [0, 0.05) is 5.56 Å². The predicted molar refractivity (Wildman–Crippen MR) is 106 cm³/mol. The van der Waals surface area contributed by atoms with Crippen molar-refractivity contribution in [3.05, 3.63) is 77.9 Å². The van der Waals surface area contributed by atoms with Crippen LogP contribution in [0.15, 0.2) is 71.8 Å². The zero-order valence-corrected chi connectivity index (χ0v) is 14.6. The number of fused-ring (bicyclic) bond motifs is 1. The van der Waals surface area contributed by atoms with Gasteiger partial charge in [-0.3, -0.25) is 4.79 Å². The quantitative estimate of drug-likeness (QED) is 0.325. The van der Waals surface area contributed by atoms with E-state index >= 15 is 0 Å². The smallest absolute Gasteiger partial charge is 0.271 e. The summed E-state index contributed by atoms with van der Waals surface area (Å²) in [6, 6.07) is 18.5. The molecule has 4 rings (SSSR count). The molecule has 0 aliphatic carbocycles. The van der Waals surface area contributed by atoms with Crippen molar-refractivity contribution in [2.24, 2.45) is 5.10 Å². The fraction of sp³-hybridized carbons (Fsp3) is 0. The van der Waals surface area contributed by atoms with Crippen molar-refractivity contribution >= 4 is 23.2 Å². The Morgan fingerprint density at radius 3 is 2.71 bits per heavy atom. The lowest BCUT2D eigenvalue weighted by Gasteiger charge is -2.00. The first-order valence-electron chi connectivity index (χ1n) is 8.51. The number of aromatic hydroxyl groups is 2. The van der Waals surface area contributed by atoms with Crippen molar-refractivity contribution in [2.75, 3.05) is 0 Å². The zero-order chi connectivity index (χ0) is 19.5. The van der Waals surface area contributed by atoms with Gasteiger partial charge < -0.3 is 15.2 Å². The van der Waals surface area contributed by atoms with E-state index in [-0.39, 0.29) is 17.4 Å². The summed E-state index contributed by atoms with van der Waals surface area (Å²) in [6.07, 6.45) is 1.45. The monoisotopic (exact) mass is 372 g/mol. The molecule has 0 radical (unpaired) electrons. The van der Waals surface area contributed by atoms with Gasteiger partial charge in [-0.05, 0) is 48.0 Å². The number of carbonyl (C=O) groups is 1. The maximum Gasteiger partial charge on any atom is 0.271 e. The minimum Gasteiger partial charge on any atom is -0.508 e. The summed E-state index contributed by atoms with van der Waals surface area (Å²) >= 11 is 0. The number of hydrazone groups is 1. The predicted octanol–water partition coefficient (Wildman–Crippen LogP) is 3.41. The third-order valence-electron chi connectivity index (χ3n) is 4.15. The normalized spacial score (nSPS) is 11.1. The maximum absolute atomic E-state index is 12.3. The van der Waals surface area contributed by atoms with Crippen molar-refractivity contribution in [1.29, 1.82) is 0 Å². The van der Waals surface area contributed by atoms with Crippen LogP contribution >= 0.6 is 0 Å². The average Bonchev–Trinajstić information content (AvgIpc) is 3.11. The lowest BCUT2D eigenvalue weighted by Crippen LogP contribution is -2.17. The Bertz CT molecular complexity index is 1200. The summed E-state index contributed by atoms with van der Waals surface area (Å²) in [7, 11) is 0. The summed E-state index contributed by atoms with van der Waals surface area (Å²) < 4.78 is 0. The van der Waals surface area contributed by atoms with Gasteiger partial charge in [0.1, 0.15) is 17.3 Å². The van der Waals surface area contributed by atoms with Crippen LogP contribution in [0.5, 0.6) is 11.5 Å². The second-order valence-corrected chi connectivity index (χ2v) is 6.13. The molecule has 138 valence electrons. The molecule has 7 heteroatoms. The number of nitrogens with one attached hydrogen (secondary N) is 2. The average molecular weight is 372 g/mol. The Morgan fingerprint density at radius 2 is 1.89 bits per heavy atom. The summed E-state index contributed by atoms with van der Waals surface area (Å²) in [4.78, 5) is 19.9. The molecular formula is C21H16N4O3. The van der Waals surface area contributed by atoms with Crippen molar-refractivity contribution in [2.45, 2.75) is 0 Å². The molecule has 0 aliphatic heterocycles. The Labute approximate surface area is 160 Å². The van der Waals surface area contributed by atoms with Gasteiger partial charge in [0.25, 0.3) is 5.91 Å². The Balaban J connectivity index is 1.54. The number of hydrogen-bond acceptors (Lipinski definition) is 5. The van der Waals surface area contributed by atoms with Gasteiger partial charge in [-0.15, -0.1) is 0 Å². The van der Waals surface area contributed by atoms with E-state index in [1.165, 1.54) is 12.3 Å². The van der Waals surface area contributed by atoms with E-state index in [4.69, 9.17) is 0 Å². The molecule has 3 aromatic carbocycles. The van der Waals surface area contributed by atoms with Gasteiger partial charge in [-0.2, -0.15) is 5.10 Å². The highest BCUT2D eigenvalue weighted by Gasteiger charge is 2.11. The van der Waals surface area contributed by atoms with Gasteiger partial charge in [0.15, 0.2) is 0 Å². The number of para-hydroxylation sites is 1. The van der Waals surface area contributed by atoms with Crippen LogP contribution in [0.2, 0.25) is 0 Å². The second kappa shape index (κ2) is 7.24. The van der Waals surface area contributed by atoms with Crippen molar-refractivity contribution < 1.29 is 15.0 Å². The van der Waals surface area contributed by atoms with E-state index in [1.54, 1.807) is 54.6 Å². The van der Waals surface area contributed by atoms with Crippen LogP contribution in [-0.2, 0) is 0 Å². The van der Waals surface area contributed by atoms with Crippen molar-refractivity contribution in [3.8, 4) is 22.9 Å².